The van der Waals surface area contributed by atoms with Crippen molar-refractivity contribution in [3.8, 4) is 5.75 Å². The van der Waals surface area contributed by atoms with Gasteiger partial charge in [-0.25, -0.2) is 4.90 Å². The molecule has 0 aliphatic carbocycles. The molecule has 29 heavy (non-hydrogen) atoms. The van der Waals surface area contributed by atoms with Crippen molar-refractivity contribution in [1.29, 1.82) is 0 Å². The molecular weight excluding hydrogens is 372 g/mol. The molecule has 2 heterocycles. The monoisotopic (exact) mass is 402 g/mol. The lowest BCUT2D eigenvalue weighted by Crippen LogP contribution is -2.41. The minimum Gasteiger partial charge on any atom is -0.494 e. The van der Waals surface area contributed by atoms with E-state index in [1.807, 2.05) is 6.92 Å². The van der Waals surface area contributed by atoms with E-state index in [1.165, 1.54) is 4.90 Å². The van der Waals surface area contributed by atoms with Crippen molar-refractivity contribution in [1.82, 2.24) is 10.2 Å². The molecule has 8 nitrogen and oxygen atoms in total. The Hall–Kier alpha value is -2.45. The molecule has 2 aliphatic heterocycles. The summed E-state index contributed by atoms with van der Waals surface area (Å²) in [7, 11) is 0. The van der Waals surface area contributed by atoms with Crippen LogP contribution in [0.5, 0.6) is 5.75 Å². The Morgan fingerprint density at radius 3 is 2.52 bits per heavy atom. The van der Waals surface area contributed by atoms with Crippen molar-refractivity contribution < 1.29 is 19.1 Å². The molecular formula is C21H30N4O4. The minimum atomic E-state index is -0.477. The number of nitrogens with two attached hydrogens (primary N) is 1. The van der Waals surface area contributed by atoms with Gasteiger partial charge in [0, 0.05) is 5.92 Å². The van der Waals surface area contributed by atoms with Crippen LogP contribution in [0.4, 0.5) is 5.69 Å². The molecule has 0 radical (unpaired) electrons. The lowest BCUT2D eigenvalue weighted by molar-refractivity contribution is -0.123. The van der Waals surface area contributed by atoms with Crippen molar-refractivity contribution in [3.63, 3.8) is 0 Å². The lowest BCUT2D eigenvalue weighted by Gasteiger charge is -2.30. The predicted octanol–water partition coefficient (Wildman–Crippen LogP) is 0.894. The number of piperidine rings is 1. The smallest absolute Gasteiger partial charge is 0.251 e. The number of nitrogens with one attached hydrogen (secondary N) is 1. The summed E-state index contributed by atoms with van der Waals surface area (Å²) in [6.45, 7) is 5.78. The Morgan fingerprint density at radius 1 is 1.21 bits per heavy atom. The van der Waals surface area contributed by atoms with Crippen molar-refractivity contribution in [3.05, 3.63) is 24.3 Å². The van der Waals surface area contributed by atoms with E-state index in [2.05, 4.69) is 10.2 Å². The number of primary amides is 1. The van der Waals surface area contributed by atoms with Gasteiger partial charge in [-0.05, 0) is 76.6 Å². The number of carbonyl (C=O) groups excluding carboxylic acids is 3. The van der Waals surface area contributed by atoms with E-state index in [4.69, 9.17) is 10.5 Å². The van der Waals surface area contributed by atoms with Gasteiger partial charge in [-0.2, -0.15) is 0 Å². The van der Waals surface area contributed by atoms with Crippen LogP contribution in [0.3, 0.4) is 0 Å². The van der Waals surface area contributed by atoms with Gasteiger partial charge in [0.25, 0.3) is 5.91 Å². The second-order valence-electron chi connectivity index (χ2n) is 7.58. The van der Waals surface area contributed by atoms with Gasteiger partial charge in [0.05, 0.1) is 24.8 Å². The quantitative estimate of drug-likeness (QED) is 0.470. The molecule has 8 heteroatoms. The van der Waals surface area contributed by atoms with Crippen molar-refractivity contribution in [2.24, 2.45) is 11.7 Å². The molecule has 2 fully saturated rings. The summed E-state index contributed by atoms with van der Waals surface area (Å²) in [5.74, 6) is 0.115. The van der Waals surface area contributed by atoms with Gasteiger partial charge in [0.15, 0.2) is 0 Å². The van der Waals surface area contributed by atoms with Crippen LogP contribution in [0.15, 0.2) is 24.3 Å². The molecule has 1 aromatic carbocycles. The second kappa shape index (κ2) is 9.84. The highest BCUT2D eigenvalue weighted by Gasteiger charge is 2.39. The van der Waals surface area contributed by atoms with E-state index in [0.717, 1.165) is 38.9 Å². The topological polar surface area (TPSA) is 105 Å². The van der Waals surface area contributed by atoms with Crippen LogP contribution in [0.25, 0.3) is 0 Å². The zero-order chi connectivity index (χ0) is 20.8. The van der Waals surface area contributed by atoms with Crippen LogP contribution >= 0.6 is 0 Å². The Labute approximate surface area is 171 Å². The summed E-state index contributed by atoms with van der Waals surface area (Å²) < 4.78 is 5.40. The van der Waals surface area contributed by atoms with E-state index in [0.29, 0.717) is 24.6 Å². The van der Waals surface area contributed by atoms with Crippen molar-refractivity contribution >= 4 is 23.4 Å². The van der Waals surface area contributed by atoms with Gasteiger partial charge in [-0.15, -0.1) is 0 Å². The average Bonchev–Trinajstić information content (AvgIpc) is 3.00. The Bertz CT molecular complexity index is 729. The second-order valence-corrected chi connectivity index (χ2v) is 7.58. The first-order valence-corrected chi connectivity index (χ1v) is 10.3. The Morgan fingerprint density at radius 2 is 1.90 bits per heavy atom. The molecule has 0 saturated carbocycles. The van der Waals surface area contributed by atoms with E-state index in [-0.39, 0.29) is 30.1 Å². The fourth-order valence-corrected chi connectivity index (χ4v) is 3.94. The van der Waals surface area contributed by atoms with E-state index in [1.54, 1.807) is 24.3 Å². The summed E-state index contributed by atoms with van der Waals surface area (Å²) in [4.78, 5) is 39.8. The molecule has 2 aliphatic rings. The van der Waals surface area contributed by atoms with E-state index < -0.39 is 6.04 Å². The fourth-order valence-electron chi connectivity index (χ4n) is 3.94. The first kappa shape index (κ1) is 21.3. The number of rotatable bonds is 9. The number of likely N-dealkylation sites (tertiary alicyclic amines) is 1. The maximum Gasteiger partial charge on any atom is 0.251 e. The SMILES string of the molecule is CCOc1ccc(N2C(=O)C[C@H](NCCCN3CCC(C(N)=O)CC3)C2=O)cc1. The van der Waals surface area contributed by atoms with Gasteiger partial charge >= 0.3 is 0 Å². The normalized spacial score (nSPS) is 21.0. The van der Waals surface area contributed by atoms with Crippen LogP contribution in [0.1, 0.15) is 32.6 Å². The highest BCUT2D eigenvalue weighted by molar-refractivity contribution is 6.22. The highest BCUT2D eigenvalue weighted by Crippen LogP contribution is 2.25. The van der Waals surface area contributed by atoms with Gasteiger partial charge in [0.1, 0.15) is 5.75 Å². The maximum absolute atomic E-state index is 12.7. The predicted molar refractivity (Wildman–Crippen MR) is 109 cm³/mol. The number of amides is 3. The molecule has 158 valence electrons. The van der Waals surface area contributed by atoms with Crippen LogP contribution < -0.4 is 20.7 Å². The van der Waals surface area contributed by atoms with E-state index >= 15 is 0 Å². The van der Waals surface area contributed by atoms with Gasteiger partial charge in [0.2, 0.25) is 11.8 Å². The number of ether oxygens (including phenoxy) is 1. The van der Waals surface area contributed by atoms with Crippen molar-refractivity contribution in [2.75, 3.05) is 37.7 Å². The number of nitrogens with zero attached hydrogens (tertiary/aromatic N) is 2. The van der Waals surface area contributed by atoms with Gasteiger partial charge in [-0.1, -0.05) is 0 Å². The molecule has 0 bridgehead atoms. The molecule has 0 spiro atoms. The summed E-state index contributed by atoms with van der Waals surface area (Å²) in [6.07, 6.45) is 2.68. The number of carbonyl (C=O) groups is 3. The van der Waals surface area contributed by atoms with Gasteiger partial charge < -0.3 is 20.7 Å². The number of benzene rings is 1. The van der Waals surface area contributed by atoms with Crippen LogP contribution in [0.2, 0.25) is 0 Å². The molecule has 2 saturated heterocycles. The molecule has 1 atom stereocenters. The standard InChI is InChI=1S/C21H30N4O4/c1-2-29-17-6-4-16(5-7-17)25-19(26)14-18(21(25)28)23-10-3-11-24-12-8-15(9-13-24)20(22)27/h4-7,15,18,23H,2-3,8-14H2,1H3,(H2,22,27)/t18-/m0/s1. The number of hydrogen-bond acceptors (Lipinski definition) is 6. The molecule has 1 aromatic rings. The van der Waals surface area contributed by atoms with Gasteiger partial charge in [-0.3, -0.25) is 14.4 Å². The van der Waals surface area contributed by atoms with Crippen LogP contribution in [-0.4, -0.2) is 61.4 Å². The largest absolute Gasteiger partial charge is 0.494 e. The minimum absolute atomic E-state index is 0.0000755. The summed E-state index contributed by atoms with van der Waals surface area (Å²) in [5.41, 5.74) is 5.94. The fraction of sp³-hybridized carbons (Fsp3) is 0.571. The summed E-state index contributed by atoms with van der Waals surface area (Å²) in [6, 6.07) is 6.52. The van der Waals surface area contributed by atoms with E-state index in [9.17, 15) is 14.4 Å². The number of imide groups is 1. The first-order valence-electron chi connectivity index (χ1n) is 10.3. The Balaban J connectivity index is 1.42. The number of hydrogen-bond donors (Lipinski definition) is 2. The lowest BCUT2D eigenvalue weighted by atomic mass is 9.96. The average molecular weight is 402 g/mol. The molecule has 0 unspecified atom stereocenters. The summed E-state index contributed by atoms with van der Waals surface area (Å²) >= 11 is 0. The molecule has 3 rings (SSSR count). The van der Waals surface area contributed by atoms with Crippen LogP contribution in [0, 0.1) is 5.92 Å². The Kier molecular flexibility index (Phi) is 7.22. The summed E-state index contributed by atoms with van der Waals surface area (Å²) in [5, 5.41) is 3.22. The third kappa shape index (κ3) is 5.33. The number of anilines is 1. The zero-order valence-electron chi connectivity index (χ0n) is 16.9. The first-order chi connectivity index (χ1) is 14.0. The highest BCUT2D eigenvalue weighted by atomic mass is 16.5. The molecule has 0 aromatic heterocycles. The third-order valence-corrected chi connectivity index (χ3v) is 5.58. The van der Waals surface area contributed by atoms with Crippen molar-refractivity contribution in [2.45, 2.75) is 38.6 Å². The van der Waals surface area contributed by atoms with Crippen LogP contribution in [-0.2, 0) is 14.4 Å². The maximum atomic E-state index is 12.7. The zero-order valence-corrected chi connectivity index (χ0v) is 16.9. The molecule has 3 amide bonds. The molecule has 3 N–H and O–H groups in total. The third-order valence-electron chi connectivity index (χ3n) is 5.58.